The number of nitrogens with one attached hydrogen (secondary N) is 1. The molecule has 0 aliphatic rings. The highest BCUT2D eigenvalue weighted by Crippen LogP contribution is 2.37. The van der Waals surface area contributed by atoms with E-state index in [4.69, 9.17) is 4.52 Å². The zero-order valence-electron chi connectivity index (χ0n) is 12.9. The van der Waals surface area contributed by atoms with Crippen molar-refractivity contribution >= 4 is 28.2 Å². The van der Waals surface area contributed by atoms with E-state index in [1.54, 1.807) is 11.8 Å². The summed E-state index contributed by atoms with van der Waals surface area (Å²) in [5, 5.41) is 16.5. The largest absolute Gasteiger partial charge is 0.360 e. The van der Waals surface area contributed by atoms with Crippen molar-refractivity contribution in [2.75, 3.05) is 11.9 Å². The predicted molar refractivity (Wildman–Crippen MR) is 92.7 cm³/mol. The number of aromatic nitrogens is 4. The molecular formula is C15H17N5OS2. The molecule has 1 N–H and O–H groups in total. The van der Waals surface area contributed by atoms with E-state index in [2.05, 4.69) is 32.6 Å². The minimum absolute atomic E-state index is 0.0203. The van der Waals surface area contributed by atoms with Gasteiger partial charge in [0.05, 0.1) is 5.25 Å². The molecule has 0 fully saturated rings. The third-order valence-corrected chi connectivity index (χ3v) is 5.08. The first-order chi connectivity index (χ1) is 11.3. The fourth-order valence-corrected chi connectivity index (χ4v) is 3.82. The van der Waals surface area contributed by atoms with Crippen LogP contribution in [-0.4, -0.2) is 26.9 Å². The second-order valence-electron chi connectivity index (χ2n) is 4.88. The maximum atomic E-state index is 5.38. The Kier molecular flexibility index (Phi) is 5.24. The number of rotatable bonds is 7. The molecule has 6 nitrogen and oxygen atoms in total. The summed E-state index contributed by atoms with van der Waals surface area (Å²) in [5.74, 6) is 1.20. The van der Waals surface area contributed by atoms with Crippen LogP contribution < -0.4 is 5.32 Å². The molecule has 3 aromatic rings. The summed E-state index contributed by atoms with van der Waals surface area (Å²) in [4.78, 5) is 4.48. The molecule has 1 atom stereocenters. The van der Waals surface area contributed by atoms with Crippen molar-refractivity contribution in [3.63, 3.8) is 0 Å². The number of benzene rings is 1. The SMILES string of the molecule is CCCNc1nnc(SC(C)c2nc(-c3ccccc3)no2)s1. The number of thioether (sulfide) groups is 1. The second-order valence-corrected chi connectivity index (χ2v) is 7.45. The van der Waals surface area contributed by atoms with E-state index >= 15 is 0 Å². The number of anilines is 1. The summed E-state index contributed by atoms with van der Waals surface area (Å²) in [6, 6.07) is 9.79. The van der Waals surface area contributed by atoms with Crippen LogP contribution in [-0.2, 0) is 0 Å². The molecule has 23 heavy (non-hydrogen) atoms. The van der Waals surface area contributed by atoms with Gasteiger partial charge in [0.1, 0.15) is 0 Å². The highest BCUT2D eigenvalue weighted by Gasteiger charge is 2.18. The molecule has 0 bridgehead atoms. The minimum Gasteiger partial charge on any atom is -0.360 e. The highest BCUT2D eigenvalue weighted by atomic mass is 32.2. The Labute approximate surface area is 142 Å². The molecular weight excluding hydrogens is 330 g/mol. The Bertz CT molecular complexity index is 743. The molecule has 0 radical (unpaired) electrons. The lowest BCUT2D eigenvalue weighted by Gasteiger charge is -2.01. The van der Waals surface area contributed by atoms with Crippen LogP contribution in [0.25, 0.3) is 11.4 Å². The monoisotopic (exact) mass is 347 g/mol. The second kappa shape index (κ2) is 7.56. The lowest BCUT2D eigenvalue weighted by Crippen LogP contribution is -1.98. The van der Waals surface area contributed by atoms with Crippen LogP contribution in [0.5, 0.6) is 0 Å². The van der Waals surface area contributed by atoms with Crippen molar-refractivity contribution in [2.45, 2.75) is 29.9 Å². The van der Waals surface area contributed by atoms with Crippen LogP contribution in [0.2, 0.25) is 0 Å². The van der Waals surface area contributed by atoms with Crippen molar-refractivity contribution in [3.8, 4) is 11.4 Å². The summed E-state index contributed by atoms with van der Waals surface area (Å²) < 4.78 is 6.27. The standard InChI is InChI=1S/C15H17N5OS2/c1-3-9-16-14-18-19-15(23-14)22-10(2)13-17-12(20-21-13)11-7-5-4-6-8-11/h4-8,10H,3,9H2,1-2H3,(H,16,18). The normalized spacial score (nSPS) is 12.3. The maximum absolute atomic E-state index is 5.38. The number of hydrogen-bond donors (Lipinski definition) is 1. The zero-order valence-corrected chi connectivity index (χ0v) is 14.5. The van der Waals surface area contributed by atoms with Crippen LogP contribution in [0.15, 0.2) is 39.2 Å². The molecule has 3 rings (SSSR count). The third-order valence-electron chi connectivity index (χ3n) is 3.03. The van der Waals surface area contributed by atoms with Gasteiger partial charge in [0.2, 0.25) is 16.8 Å². The van der Waals surface area contributed by atoms with Gasteiger partial charge in [-0.2, -0.15) is 4.98 Å². The molecule has 1 unspecified atom stereocenters. The average Bonchev–Trinajstić information content (AvgIpc) is 3.23. The van der Waals surface area contributed by atoms with Gasteiger partial charge in [0, 0.05) is 12.1 Å². The van der Waals surface area contributed by atoms with Crippen LogP contribution in [0.1, 0.15) is 31.4 Å². The van der Waals surface area contributed by atoms with Crippen LogP contribution in [0, 0.1) is 0 Å². The smallest absolute Gasteiger partial charge is 0.240 e. The van der Waals surface area contributed by atoms with E-state index in [-0.39, 0.29) is 5.25 Å². The molecule has 0 spiro atoms. The van der Waals surface area contributed by atoms with Gasteiger partial charge in [-0.3, -0.25) is 0 Å². The van der Waals surface area contributed by atoms with Crippen molar-refractivity contribution in [2.24, 2.45) is 0 Å². The molecule has 1 aromatic carbocycles. The predicted octanol–water partition coefficient (Wildman–Crippen LogP) is 4.26. The average molecular weight is 347 g/mol. The zero-order chi connectivity index (χ0) is 16.1. The topological polar surface area (TPSA) is 76.7 Å². The molecule has 0 aliphatic carbocycles. The summed E-state index contributed by atoms with van der Waals surface area (Å²) in [6.07, 6.45) is 1.06. The first-order valence-electron chi connectivity index (χ1n) is 7.39. The fraction of sp³-hybridized carbons (Fsp3) is 0.333. The molecule has 2 heterocycles. The van der Waals surface area contributed by atoms with Crippen molar-refractivity contribution in [3.05, 3.63) is 36.2 Å². The van der Waals surface area contributed by atoms with E-state index in [1.165, 1.54) is 11.3 Å². The van der Waals surface area contributed by atoms with Gasteiger partial charge in [-0.1, -0.05) is 65.5 Å². The Morgan fingerprint density at radius 2 is 2.09 bits per heavy atom. The van der Waals surface area contributed by atoms with Crippen molar-refractivity contribution in [1.29, 1.82) is 0 Å². The molecule has 120 valence electrons. The van der Waals surface area contributed by atoms with Crippen LogP contribution in [0.4, 0.5) is 5.13 Å². The number of hydrogen-bond acceptors (Lipinski definition) is 8. The number of nitrogens with zero attached hydrogens (tertiary/aromatic N) is 4. The Morgan fingerprint density at radius 3 is 2.87 bits per heavy atom. The summed E-state index contributed by atoms with van der Waals surface area (Å²) in [5.41, 5.74) is 0.946. The first kappa shape index (κ1) is 15.9. The molecule has 2 aromatic heterocycles. The van der Waals surface area contributed by atoms with Gasteiger partial charge in [0.25, 0.3) is 0 Å². The highest BCUT2D eigenvalue weighted by molar-refractivity contribution is 8.01. The van der Waals surface area contributed by atoms with Gasteiger partial charge in [-0.15, -0.1) is 10.2 Å². The van der Waals surface area contributed by atoms with Gasteiger partial charge in [-0.05, 0) is 13.3 Å². The van der Waals surface area contributed by atoms with Crippen LogP contribution in [0.3, 0.4) is 0 Å². The van der Waals surface area contributed by atoms with Crippen molar-refractivity contribution in [1.82, 2.24) is 20.3 Å². The van der Waals surface area contributed by atoms with E-state index in [9.17, 15) is 0 Å². The lowest BCUT2D eigenvalue weighted by atomic mass is 10.2. The van der Waals surface area contributed by atoms with E-state index in [0.29, 0.717) is 11.7 Å². The third kappa shape index (κ3) is 4.08. The molecule has 0 amide bonds. The van der Waals surface area contributed by atoms with E-state index in [1.807, 2.05) is 37.3 Å². The van der Waals surface area contributed by atoms with Gasteiger partial charge in [0.15, 0.2) is 4.34 Å². The molecule has 0 saturated heterocycles. The van der Waals surface area contributed by atoms with Gasteiger partial charge < -0.3 is 9.84 Å². The first-order valence-corrected chi connectivity index (χ1v) is 9.09. The molecule has 0 aliphatic heterocycles. The van der Waals surface area contributed by atoms with Gasteiger partial charge >= 0.3 is 0 Å². The van der Waals surface area contributed by atoms with E-state index < -0.39 is 0 Å². The van der Waals surface area contributed by atoms with E-state index in [0.717, 1.165) is 28.0 Å². The maximum Gasteiger partial charge on any atom is 0.240 e. The minimum atomic E-state index is 0.0203. The summed E-state index contributed by atoms with van der Waals surface area (Å²) in [6.45, 7) is 5.04. The lowest BCUT2D eigenvalue weighted by molar-refractivity contribution is 0.381. The Hall–Kier alpha value is -1.93. The van der Waals surface area contributed by atoms with Crippen LogP contribution >= 0.6 is 23.1 Å². The molecule has 8 heteroatoms. The molecule has 0 saturated carbocycles. The summed E-state index contributed by atoms with van der Waals surface area (Å²) >= 11 is 3.11. The van der Waals surface area contributed by atoms with Crippen molar-refractivity contribution < 1.29 is 4.52 Å². The quantitative estimate of drug-likeness (QED) is 0.640. The Balaban J connectivity index is 1.65. The van der Waals surface area contributed by atoms with Gasteiger partial charge in [-0.25, -0.2) is 0 Å². The summed E-state index contributed by atoms with van der Waals surface area (Å²) in [7, 11) is 0. The fourth-order valence-electron chi connectivity index (χ4n) is 1.87. The Morgan fingerprint density at radius 1 is 1.26 bits per heavy atom.